The molecule has 0 aromatic carbocycles. The summed E-state index contributed by atoms with van der Waals surface area (Å²) in [5.41, 5.74) is -1.29. The molecule has 4 rings (SSSR count). The first-order valence-electron chi connectivity index (χ1n) is 31.4. The topological polar surface area (TPSA) is 186 Å². The van der Waals surface area contributed by atoms with E-state index in [2.05, 4.69) is 190 Å². The SMILES string of the molecule is CC(C)(C)C1=CC(O)(CCC(=O)OCC(COC(=O)CCC2(O)C=C(C(C)(C)C)C=C(C(C)(C)C)C2)(COC(=O)CCC2(O)C=C(C(C)(C)C)C=C(C(C)(C)C)C2)COC(=O)CCC2(O)C=C(C(C)(C)C)C=C(C(C)(C)C)C2)CC(C(C)(C)C)=C1. The summed E-state index contributed by atoms with van der Waals surface area (Å²) in [6, 6.07) is 0. The molecule has 12 nitrogen and oxygen atoms in total. The van der Waals surface area contributed by atoms with Crippen LogP contribution in [0, 0.1) is 48.7 Å². The Balaban J connectivity index is 1.72. The van der Waals surface area contributed by atoms with E-state index in [1.165, 1.54) is 0 Å². The molecule has 4 N–H and O–H groups in total. The summed E-state index contributed by atoms with van der Waals surface area (Å²) in [7, 11) is 0. The van der Waals surface area contributed by atoms with Crippen molar-refractivity contribution in [1.29, 1.82) is 0 Å². The average Bonchev–Trinajstić information content (AvgIpc) is 1.63. The highest BCUT2D eigenvalue weighted by Crippen LogP contribution is 2.48. The van der Waals surface area contributed by atoms with Crippen LogP contribution in [0.2, 0.25) is 0 Å². The van der Waals surface area contributed by atoms with Gasteiger partial charge in [0.1, 0.15) is 31.8 Å². The molecule has 0 spiro atoms. The smallest absolute Gasteiger partial charge is 0.305 e. The maximum atomic E-state index is 14.2. The first-order valence-corrected chi connectivity index (χ1v) is 31.4. The van der Waals surface area contributed by atoms with Gasteiger partial charge in [-0.1, -0.05) is 213 Å². The Labute approximate surface area is 514 Å². The van der Waals surface area contributed by atoms with Gasteiger partial charge in [0.2, 0.25) is 0 Å². The number of allylic oxidation sites excluding steroid dienone is 8. The fraction of sp³-hybridized carbons (Fsp3) is 0.726. The van der Waals surface area contributed by atoms with Crippen molar-refractivity contribution in [1.82, 2.24) is 0 Å². The lowest BCUT2D eigenvalue weighted by Gasteiger charge is -2.39. The number of ether oxygens (including phenoxy) is 4. The third-order valence-electron chi connectivity index (χ3n) is 17.5. The molecule has 4 unspecified atom stereocenters. The number of hydrogen-bond donors (Lipinski definition) is 4. The van der Waals surface area contributed by atoms with Gasteiger partial charge in [-0.15, -0.1) is 0 Å². The highest BCUT2D eigenvalue weighted by Gasteiger charge is 2.44. The number of hydrogen-bond acceptors (Lipinski definition) is 12. The molecular formula is C73H116O12. The van der Waals surface area contributed by atoms with Gasteiger partial charge in [-0.25, -0.2) is 0 Å². The van der Waals surface area contributed by atoms with E-state index >= 15 is 0 Å². The Morgan fingerprint density at radius 2 is 0.482 bits per heavy atom. The van der Waals surface area contributed by atoms with Crippen molar-refractivity contribution in [3.8, 4) is 0 Å². The maximum absolute atomic E-state index is 14.2. The maximum Gasteiger partial charge on any atom is 0.305 e. The predicted molar refractivity (Wildman–Crippen MR) is 342 cm³/mol. The van der Waals surface area contributed by atoms with Crippen LogP contribution in [0.1, 0.15) is 243 Å². The zero-order chi connectivity index (χ0) is 65.2. The third-order valence-corrected chi connectivity index (χ3v) is 17.5. The Morgan fingerprint density at radius 3 is 0.624 bits per heavy atom. The van der Waals surface area contributed by atoms with E-state index < -0.39 is 78.1 Å². The lowest BCUT2D eigenvalue weighted by molar-refractivity contribution is -0.172. The van der Waals surface area contributed by atoms with E-state index in [1.54, 1.807) is 0 Å². The highest BCUT2D eigenvalue weighted by molar-refractivity contribution is 5.72. The molecule has 4 aliphatic carbocycles. The summed E-state index contributed by atoms with van der Waals surface area (Å²) in [4.78, 5) is 56.6. The van der Waals surface area contributed by atoms with Crippen LogP contribution in [0.4, 0.5) is 0 Å². The molecule has 12 heteroatoms. The van der Waals surface area contributed by atoms with E-state index in [-0.39, 0.29) is 94.7 Å². The summed E-state index contributed by atoms with van der Waals surface area (Å²) in [5.74, 6) is -2.74. The number of carbonyl (C=O) groups is 4. The van der Waals surface area contributed by atoms with Gasteiger partial charge >= 0.3 is 23.9 Å². The molecule has 4 atom stereocenters. The fourth-order valence-electron chi connectivity index (χ4n) is 10.9. The van der Waals surface area contributed by atoms with Gasteiger partial charge in [0.25, 0.3) is 0 Å². The Hall–Kier alpha value is -4.36. The second kappa shape index (κ2) is 26.0. The van der Waals surface area contributed by atoms with Crippen LogP contribution in [0.3, 0.4) is 0 Å². The van der Waals surface area contributed by atoms with Crippen molar-refractivity contribution >= 4 is 23.9 Å². The summed E-state index contributed by atoms with van der Waals surface area (Å²) in [6.07, 6.45) is 16.5. The number of esters is 4. The van der Waals surface area contributed by atoms with Crippen LogP contribution in [-0.4, -0.2) is 93.1 Å². The average molecular weight is 1190 g/mol. The molecule has 0 radical (unpaired) electrons. The summed E-state index contributed by atoms with van der Waals surface area (Å²) in [6.45, 7) is 48.0. The van der Waals surface area contributed by atoms with Gasteiger partial charge in [0, 0.05) is 51.4 Å². The van der Waals surface area contributed by atoms with Gasteiger partial charge in [-0.2, -0.15) is 0 Å². The molecule has 4 aliphatic rings. The van der Waals surface area contributed by atoms with E-state index in [0.717, 1.165) is 44.6 Å². The van der Waals surface area contributed by atoms with Crippen molar-refractivity contribution in [3.63, 3.8) is 0 Å². The normalized spacial score (nSPS) is 24.7. The van der Waals surface area contributed by atoms with Crippen LogP contribution >= 0.6 is 0 Å². The Bertz CT molecular complexity index is 2340. The highest BCUT2D eigenvalue weighted by atomic mass is 16.6. The van der Waals surface area contributed by atoms with E-state index in [4.69, 9.17) is 18.9 Å². The molecule has 480 valence electrons. The summed E-state index contributed by atoms with van der Waals surface area (Å²) < 4.78 is 24.3. The standard InChI is InChI=1S/C73H116O12/c1-61(2,3)49-33-50(62(4,5)6)38-70(78,37-49)29-25-57(74)82-45-69(46-83-58(75)26-30-71(79)39-51(63(7,8)9)34-52(40-71)64(10,11)12,47-84-59(76)27-31-72(80)41-53(65(13,14)15)35-54(42-72)66(16,17)18)48-85-60(77)28-32-73(81)43-55(67(19,20)21)36-56(44-73)68(22,23)24/h33-37,39,41,43,78-81H,25-32,38,40,42,44-48H2,1-24H3. The number of aliphatic hydroxyl groups is 4. The Morgan fingerprint density at radius 1 is 0.318 bits per heavy atom. The minimum atomic E-state index is -1.67. The molecule has 0 saturated heterocycles. The molecule has 0 aromatic rings. The third kappa shape index (κ3) is 22.0. The molecular weight excluding hydrogens is 1070 g/mol. The molecule has 0 heterocycles. The van der Waals surface area contributed by atoms with Crippen molar-refractivity contribution in [2.45, 2.75) is 266 Å². The molecule has 0 amide bonds. The van der Waals surface area contributed by atoms with Crippen molar-refractivity contribution in [2.24, 2.45) is 48.7 Å². The first-order chi connectivity index (χ1) is 38.1. The fourth-order valence-corrected chi connectivity index (χ4v) is 10.9. The molecule has 85 heavy (non-hydrogen) atoms. The molecule has 0 fully saturated rings. The summed E-state index contributed by atoms with van der Waals surface area (Å²) >= 11 is 0. The molecule has 0 aromatic heterocycles. The molecule has 0 bridgehead atoms. The van der Waals surface area contributed by atoms with Gasteiger partial charge < -0.3 is 39.4 Å². The van der Waals surface area contributed by atoms with Crippen molar-refractivity contribution in [2.75, 3.05) is 26.4 Å². The second-order valence-corrected chi connectivity index (χ2v) is 34.3. The van der Waals surface area contributed by atoms with Crippen molar-refractivity contribution in [3.05, 3.63) is 93.2 Å². The van der Waals surface area contributed by atoms with Gasteiger partial charge in [-0.05, 0) is 116 Å². The van der Waals surface area contributed by atoms with Crippen LogP contribution in [0.25, 0.3) is 0 Å². The van der Waals surface area contributed by atoms with E-state index in [1.807, 2.05) is 24.3 Å². The zero-order valence-corrected chi connectivity index (χ0v) is 57.5. The first kappa shape index (κ1) is 73.1. The monoisotopic (exact) mass is 1180 g/mol. The second-order valence-electron chi connectivity index (χ2n) is 34.3. The van der Waals surface area contributed by atoms with Crippen molar-refractivity contribution < 1.29 is 58.6 Å². The van der Waals surface area contributed by atoms with Gasteiger partial charge in [-0.3, -0.25) is 19.2 Å². The van der Waals surface area contributed by atoms with Gasteiger partial charge in [0.15, 0.2) is 0 Å². The van der Waals surface area contributed by atoms with Crippen LogP contribution < -0.4 is 0 Å². The van der Waals surface area contributed by atoms with Crippen LogP contribution in [0.15, 0.2) is 93.2 Å². The molecule has 0 aliphatic heterocycles. The quantitative estimate of drug-likeness (QED) is 0.0669. The lowest BCUT2D eigenvalue weighted by atomic mass is 9.70. The lowest BCUT2D eigenvalue weighted by Crippen LogP contribution is -2.44. The minimum absolute atomic E-state index is 0.0337. The van der Waals surface area contributed by atoms with E-state index in [0.29, 0.717) is 25.7 Å². The minimum Gasteiger partial charge on any atom is -0.465 e. The van der Waals surface area contributed by atoms with Gasteiger partial charge in [0.05, 0.1) is 22.4 Å². The largest absolute Gasteiger partial charge is 0.465 e. The predicted octanol–water partition coefficient (Wildman–Crippen LogP) is 15.6. The Kier molecular flexibility index (Phi) is 22.4. The van der Waals surface area contributed by atoms with Crippen LogP contribution in [-0.2, 0) is 38.1 Å². The molecule has 0 saturated carbocycles. The van der Waals surface area contributed by atoms with E-state index in [9.17, 15) is 39.6 Å². The summed E-state index contributed by atoms with van der Waals surface area (Å²) in [5, 5.41) is 48.8. The number of carbonyl (C=O) groups excluding carboxylic acids is 4. The van der Waals surface area contributed by atoms with Crippen LogP contribution in [0.5, 0.6) is 0 Å². The number of rotatable bonds is 20. The zero-order valence-electron chi connectivity index (χ0n) is 57.5.